The number of ether oxygens (including phenoxy) is 1. The topological polar surface area (TPSA) is 51.1 Å². The van der Waals surface area contributed by atoms with Gasteiger partial charge in [-0.15, -0.1) is 11.3 Å². The van der Waals surface area contributed by atoms with Crippen molar-refractivity contribution in [2.24, 2.45) is 0 Å². The zero-order valence-electron chi connectivity index (χ0n) is 12.5. The largest absolute Gasteiger partial charge is 0.478 e. The van der Waals surface area contributed by atoms with E-state index in [2.05, 4.69) is 32.2 Å². The van der Waals surface area contributed by atoms with Crippen LogP contribution in [0.25, 0.3) is 0 Å². The second kappa shape index (κ2) is 6.49. The van der Waals surface area contributed by atoms with Crippen molar-refractivity contribution in [2.45, 2.75) is 33.2 Å². The molecule has 0 aromatic carbocycles. The van der Waals surface area contributed by atoms with Crippen LogP contribution in [0.4, 0.5) is 0 Å². The summed E-state index contributed by atoms with van der Waals surface area (Å²) in [5, 5.41) is 3.28. The SMILES string of the molecule is CCOc1ncnc2c1CCN(Cc1csc(C)n1)CC2. The van der Waals surface area contributed by atoms with Crippen LogP contribution in [0.15, 0.2) is 11.7 Å². The minimum atomic E-state index is 0.644. The summed E-state index contributed by atoms with van der Waals surface area (Å²) in [7, 11) is 0. The Bertz CT molecular complexity index is 613. The predicted octanol–water partition coefficient (Wildman–Crippen LogP) is 2.24. The van der Waals surface area contributed by atoms with Crippen molar-refractivity contribution in [3.63, 3.8) is 0 Å². The van der Waals surface area contributed by atoms with E-state index >= 15 is 0 Å². The van der Waals surface area contributed by atoms with Gasteiger partial charge >= 0.3 is 0 Å². The molecule has 5 nitrogen and oxygen atoms in total. The highest BCUT2D eigenvalue weighted by molar-refractivity contribution is 7.09. The first kappa shape index (κ1) is 14.4. The molecule has 3 rings (SSSR count). The normalized spacial score (nSPS) is 15.5. The molecule has 0 N–H and O–H groups in total. The molecule has 0 bridgehead atoms. The summed E-state index contributed by atoms with van der Waals surface area (Å²) in [6.45, 7) is 7.60. The molecule has 0 saturated carbocycles. The molecule has 1 aliphatic heterocycles. The lowest BCUT2D eigenvalue weighted by molar-refractivity contribution is 0.274. The van der Waals surface area contributed by atoms with Gasteiger partial charge in [-0.25, -0.2) is 15.0 Å². The lowest BCUT2D eigenvalue weighted by Crippen LogP contribution is -2.26. The molecule has 3 heterocycles. The molecule has 0 fully saturated rings. The van der Waals surface area contributed by atoms with Gasteiger partial charge in [0.25, 0.3) is 0 Å². The van der Waals surface area contributed by atoms with E-state index in [9.17, 15) is 0 Å². The molecule has 2 aromatic heterocycles. The molecule has 0 aliphatic carbocycles. The molecular formula is C15H20N4OS. The molecule has 21 heavy (non-hydrogen) atoms. The summed E-state index contributed by atoms with van der Waals surface area (Å²) in [4.78, 5) is 15.7. The molecule has 0 saturated heterocycles. The molecule has 2 aromatic rings. The maximum Gasteiger partial charge on any atom is 0.219 e. The van der Waals surface area contributed by atoms with Crippen LogP contribution >= 0.6 is 11.3 Å². The lowest BCUT2D eigenvalue weighted by atomic mass is 10.1. The summed E-state index contributed by atoms with van der Waals surface area (Å²) in [6.07, 6.45) is 3.50. The fourth-order valence-corrected chi connectivity index (χ4v) is 3.28. The third-order valence-electron chi connectivity index (χ3n) is 3.67. The first-order valence-electron chi connectivity index (χ1n) is 7.35. The van der Waals surface area contributed by atoms with E-state index in [1.807, 2.05) is 6.92 Å². The smallest absolute Gasteiger partial charge is 0.219 e. The van der Waals surface area contributed by atoms with Crippen molar-refractivity contribution in [1.82, 2.24) is 19.9 Å². The number of hydrogen-bond acceptors (Lipinski definition) is 6. The second-order valence-electron chi connectivity index (χ2n) is 5.17. The molecule has 0 radical (unpaired) electrons. The Balaban J connectivity index is 1.71. The third-order valence-corrected chi connectivity index (χ3v) is 4.49. The Morgan fingerprint density at radius 2 is 2.14 bits per heavy atom. The van der Waals surface area contributed by atoms with Crippen molar-refractivity contribution in [3.05, 3.63) is 33.7 Å². The van der Waals surface area contributed by atoms with Crippen LogP contribution in [-0.4, -0.2) is 39.5 Å². The Hall–Kier alpha value is -1.53. The zero-order chi connectivity index (χ0) is 14.7. The van der Waals surface area contributed by atoms with E-state index in [0.29, 0.717) is 6.61 Å². The highest BCUT2D eigenvalue weighted by Gasteiger charge is 2.19. The van der Waals surface area contributed by atoms with Gasteiger partial charge in [-0.3, -0.25) is 4.90 Å². The van der Waals surface area contributed by atoms with Gasteiger partial charge in [0, 0.05) is 37.0 Å². The molecule has 0 spiro atoms. The third kappa shape index (κ3) is 3.39. The maximum atomic E-state index is 5.64. The Morgan fingerprint density at radius 1 is 1.29 bits per heavy atom. The van der Waals surface area contributed by atoms with Crippen molar-refractivity contribution < 1.29 is 4.74 Å². The molecule has 0 unspecified atom stereocenters. The second-order valence-corrected chi connectivity index (χ2v) is 6.23. The van der Waals surface area contributed by atoms with Gasteiger partial charge in [-0.2, -0.15) is 0 Å². The number of aromatic nitrogens is 3. The Labute approximate surface area is 129 Å². The average Bonchev–Trinajstić information content (AvgIpc) is 2.77. The summed E-state index contributed by atoms with van der Waals surface area (Å²) in [5.41, 5.74) is 3.47. The zero-order valence-corrected chi connectivity index (χ0v) is 13.3. The fourth-order valence-electron chi connectivity index (χ4n) is 2.67. The van der Waals surface area contributed by atoms with E-state index in [0.717, 1.165) is 49.1 Å². The van der Waals surface area contributed by atoms with Gasteiger partial charge < -0.3 is 4.74 Å². The van der Waals surface area contributed by atoms with Gasteiger partial charge in [0.15, 0.2) is 0 Å². The molecular weight excluding hydrogens is 284 g/mol. The number of thiazole rings is 1. The highest BCUT2D eigenvalue weighted by atomic mass is 32.1. The Morgan fingerprint density at radius 3 is 2.90 bits per heavy atom. The van der Waals surface area contributed by atoms with Crippen LogP contribution in [0.5, 0.6) is 5.88 Å². The van der Waals surface area contributed by atoms with E-state index in [-0.39, 0.29) is 0 Å². The van der Waals surface area contributed by atoms with Gasteiger partial charge in [0.1, 0.15) is 6.33 Å². The maximum absolute atomic E-state index is 5.64. The standard InChI is InChI=1S/C15H20N4OS/c1-3-20-15-13-4-6-19(7-5-14(13)16-10-17-15)8-12-9-21-11(2)18-12/h9-10H,3-8H2,1-2H3. The van der Waals surface area contributed by atoms with Crippen molar-refractivity contribution >= 4 is 11.3 Å². The first-order chi connectivity index (χ1) is 10.3. The number of rotatable bonds is 4. The molecule has 112 valence electrons. The average molecular weight is 304 g/mol. The van der Waals surface area contributed by atoms with E-state index < -0.39 is 0 Å². The van der Waals surface area contributed by atoms with Crippen LogP contribution in [0.3, 0.4) is 0 Å². The highest BCUT2D eigenvalue weighted by Crippen LogP contribution is 2.23. The van der Waals surface area contributed by atoms with Gasteiger partial charge in [-0.1, -0.05) is 0 Å². The fraction of sp³-hybridized carbons (Fsp3) is 0.533. The minimum Gasteiger partial charge on any atom is -0.478 e. The van der Waals surface area contributed by atoms with Gasteiger partial charge in [-0.05, 0) is 20.3 Å². The summed E-state index contributed by atoms with van der Waals surface area (Å²) in [5.74, 6) is 0.758. The summed E-state index contributed by atoms with van der Waals surface area (Å²) in [6, 6.07) is 0. The summed E-state index contributed by atoms with van der Waals surface area (Å²) >= 11 is 1.71. The number of nitrogens with zero attached hydrogens (tertiary/aromatic N) is 4. The first-order valence-corrected chi connectivity index (χ1v) is 8.23. The van der Waals surface area contributed by atoms with E-state index in [4.69, 9.17) is 4.74 Å². The lowest BCUT2D eigenvalue weighted by Gasteiger charge is -2.18. The number of aryl methyl sites for hydroxylation is 1. The van der Waals surface area contributed by atoms with Crippen LogP contribution < -0.4 is 4.74 Å². The summed E-state index contributed by atoms with van der Waals surface area (Å²) < 4.78 is 5.64. The van der Waals surface area contributed by atoms with Crippen LogP contribution in [0, 0.1) is 6.92 Å². The predicted molar refractivity (Wildman–Crippen MR) is 82.7 cm³/mol. The molecule has 0 atom stereocenters. The van der Waals surface area contributed by atoms with Gasteiger partial charge in [0.2, 0.25) is 5.88 Å². The van der Waals surface area contributed by atoms with E-state index in [1.54, 1.807) is 17.7 Å². The molecule has 1 aliphatic rings. The van der Waals surface area contributed by atoms with Crippen molar-refractivity contribution in [2.75, 3.05) is 19.7 Å². The van der Waals surface area contributed by atoms with Crippen LogP contribution in [0.2, 0.25) is 0 Å². The van der Waals surface area contributed by atoms with Crippen LogP contribution in [0.1, 0.15) is 28.9 Å². The van der Waals surface area contributed by atoms with E-state index in [1.165, 1.54) is 11.3 Å². The minimum absolute atomic E-state index is 0.644. The molecule has 0 amide bonds. The quantitative estimate of drug-likeness (QED) is 0.867. The van der Waals surface area contributed by atoms with Crippen molar-refractivity contribution in [1.29, 1.82) is 0 Å². The molecule has 6 heteroatoms. The van der Waals surface area contributed by atoms with Crippen LogP contribution in [-0.2, 0) is 19.4 Å². The number of hydrogen-bond donors (Lipinski definition) is 0. The Kier molecular flexibility index (Phi) is 4.45. The van der Waals surface area contributed by atoms with Crippen molar-refractivity contribution in [3.8, 4) is 5.88 Å². The monoisotopic (exact) mass is 304 g/mol. The number of fused-ring (bicyclic) bond motifs is 1. The van der Waals surface area contributed by atoms with Gasteiger partial charge in [0.05, 0.1) is 23.0 Å².